The van der Waals surface area contributed by atoms with Crippen LogP contribution in [0.25, 0.3) is 10.9 Å². The molecule has 0 saturated carbocycles. The molecule has 0 radical (unpaired) electrons. The van der Waals surface area contributed by atoms with Crippen LogP contribution in [0.2, 0.25) is 5.02 Å². The minimum atomic E-state index is -4.36. The van der Waals surface area contributed by atoms with Crippen LogP contribution in [0.15, 0.2) is 24.4 Å². The van der Waals surface area contributed by atoms with Crippen LogP contribution in [0.1, 0.15) is 11.1 Å². The first-order chi connectivity index (χ1) is 7.41. The van der Waals surface area contributed by atoms with Gasteiger partial charge in [0.15, 0.2) is 0 Å². The van der Waals surface area contributed by atoms with Crippen LogP contribution in [0.5, 0.6) is 0 Å². The van der Waals surface area contributed by atoms with E-state index in [2.05, 4.69) is 4.98 Å². The Hall–Kier alpha value is -1.29. The summed E-state index contributed by atoms with van der Waals surface area (Å²) in [5.41, 5.74) is -0.274. The summed E-state index contributed by atoms with van der Waals surface area (Å²) in [6.45, 7) is 1.40. The lowest BCUT2D eigenvalue weighted by Crippen LogP contribution is -2.07. The van der Waals surface area contributed by atoms with Crippen molar-refractivity contribution in [2.24, 2.45) is 0 Å². The lowest BCUT2D eigenvalue weighted by atomic mass is 10.0. The van der Waals surface area contributed by atoms with Gasteiger partial charge in [0, 0.05) is 11.6 Å². The first-order valence-corrected chi connectivity index (χ1v) is 4.90. The summed E-state index contributed by atoms with van der Waals surface area (Å²) < 4.78 is 37.8. The number of rotatable bonds is 0. The summed E-state index contributed by atoms with van der Waals surface area (Å²) in [7, 11) is 0. The SMILES string of the molecule is Cc1c(C(F)(F)F)ccc2c(Cl)ccnc12. The Bertz CT molecular complexity index is 549. The molecule has 0 unspecified atom stereocenters. The number of hydrogen-bond donors (Lipinski definition) is 0. The summed E-state index contributed by atoms with van der Waals surface area (Å²) >= 11 is 5.87. The highest BCUT2D eigenvalue weighted by molar-refractivity contribution is 6.35. The maximum absolute atomic E-state index is 12.6. The topological polar surface area (TPSA) is 12.9 Å². The third kappa shape index (κ3) is 1.73. The Morgan fingerprint density at radius 3 is 2.50 bits per heavy atom. The van der Waals surface area contributed by atoms with E-state index in [9.17, 15) is 13.2 Å². The molecule has 0 N–H and O–H groups in total. The molecule has 0 amide bonds. The summed E-state index contributed by atoms with van der Waals surface area (Å²) in [6.07, 6.45) is -2.96. The maximum Gasteiger partial charge on any atom is 0.416 e. The number of pyridine rings is 1. The highest BCUT2D eigenvalue weighted by Gasteiger charge is 2.33. The molecular formula is C11H7ClF3N. The zero-order chi connectivity index (χ0) is 11.9. The van der Waals surface area contributed by atoms with Gasteiger partial charge in [0.2, 0.25) is 0 Å². The van der Waals surface area contributed by atoms with E-state index in [1.54, 1.807) is 6.07 Å². The van der Waals surface area contributed by atoms with Gasteiger partial charge in [-0.15, -0.1) is 0 Å². The second kappa shape index (κ2) is 3.63. The predicted molar refractivity (Wildman–Crippen MR) is 56.5 cm³/mol. The molecule has 1 aromatic carbocycles. The van der Waals surface area contributed by atoms with Crippen LogP contribution >= 0.6 is 11.6 Å². The molecule has 2 rings (SSSR count). The minimum Gasteiger partial charge on any atom is -0.256 e. The molecule has 5 heteroatoms. The Balaban J connectivity index is 2.81. The van der Waals surface area contributed by atoms with Crippen LogP contribution < -0.4 is 0 Å². The predicted octanol–water partition coefficient (Wildman–Crippen LogP) is 4.22. The molecular weight excluding hydrogens is 239 g/mol. The maximum atomic E-state index is 12.6. The van der Waals surface area contributed by atoms with Crippen molar-refractivity contribution in [2.75, 3.05) is 0 Å². The molecule has 1 nitrogen and oxygen atoms in total. The number of alkyl halides is 3. The molecule has 0 aliphatic carbocycles. The summed E-state index contributed by atoms with van der Waals surface area (Å²) in [5.74, 6) is 0. The Kier molecular flexibility index (Phi) is 2.54. The number of aromatic nitrogens is 1. The number of hydrogen-bond acceptors (Lipinski definition) is 1. The lowest BCUT2D eigenvalue weighted by Gasteiger charge is -2.12. The molecule has 16 heavy (non-hydrogen) atoms. The monoisotopic (exact) mass is 245 g/mol. The van der Waals surface area contributed by atoms with Crippen molar-refractivity contribution in [2.45, 2.75) is 13.1 Å². The minimum absolute atomic E-state index is 0.104. The van der Waals surface area contributed by atoms with Crippen molar-refractivity contribution in [3.8, 4) is 0 Å². The van der Waals surface area contributed by atoms with E-state index in [0.717, 1.165) is 6.07 Å². The van der Waals surface area contributed by atoms with Crippen LogP contribution in [-0.2, 0) is 6.18 Å². The zero-order valence-corrected chi connectivity index (χ0v) is 9.02. The molecule has 0 saturated heterocycles. The van der Waals surface area contributed by atoms with E-state index in [1.807, 2.05) is 0 Å². The van der Waals surface area contributed by atoms with Crippen LogP contribution in [0, 0.1) is 6.92 Å². The van der Waals surface area contributed by atoms with Gasteiger partial charge >= 0.3 is 6.18 Å². The van der Waals surface area contributed by atoms with Crippen molar-refractivity contribution in [3.63, 3.8) is 0 Å². The Morgan fingerprint density at radius 2 is 1.88 bits per heavy atom. The standard InChI is InChI=1S/C11H7ClF3N/c1-6-8(11(13,14)15)3-2-7-9(12)4-5-16-10(6)7/h2-5H,1H3. The van der Waals surface area contributed by atoms with E-state index in [-0.39, 0.29) is 5.56 Å². The average Bonchev–Trinajstić information content (AvgIpc) is 2.18. The van der Waals surface area contributed by atoms with Crippen molar-refractivity contribution < 1.29 is 13.2 Å². The summed E-state index contributed by atoms with van der Waals surface area (Å²) in [5, 5.41) is 0.941. The molecule has 2 aromatic rings. The van der Waals surface area contributed by atoms with Gasteiger partial charge < -0.3 is 0 Å². The van der Waals surface area contributed by atoms with E-state index in [1.165, 1.54) is 19.2 Å². The van der Waals surface area contributed by atoms with Crippen molar-refractivity contribution in [3.05, 3.63) is 40.5 Å². The molecule has 84 valence electrons. The third-order valence-electron chi connectivity index (χ3n) is 2.42. The van der Waals surface area contributed by atoms with Gasteiger partial charge in [0.25, 0.3) is 0 Å². The van der Waals surface area contributed by atoms with E-state index in [0.29, 0.717) is 15.9 Å². The normalized spacial score (nSPS) is 12.1. The van der Waals surface area contributed by atoms with Gasteiger partial charge in [-0.25, -0.2) is 0 Å². The Labute approximate surface area is 94.9 Å². The second-order valence-corrected chi connectivity index (χ2v) is 3.83. The molecule has 0 aliphatic rings. The zero-order valence-electron chi connectivity index (χ0n) is 8.27. The quantitative estimate of drug-likeness (QED) is 0.677. The summed E-state index contributed by atoms with van der Waals surface area (Å²) in [6, 6.07) is 3.93. The van der Waals surface area contributed by atoms with E-state index in [4.69, 9.17) is 11.6 Å². The molecule has 1 heterocycles. The molecule has 0 atom stereocenters. The van der Waals surface area contributed by atoms with Crippen molar-refractivity contribution in [1.82, 2.24) is 4.98 Å². The fourth-order valence-corrected chi connectivity index (χ4v) is 1.84. The number of halogens is 4. The fourth-order valence-electron chi connectivity index (χ4n) is 1.63. The molecule has 1 aromatic heterocycles. The molecule has 0 spiro atoms. The van der Waals surface area contributed by atoms with Crippen LogP contribution in [0.3, 0.4) is 0 Å². The number of nitrogens with zero attached hydrogens (tertiary/aromatic N) is 1. The lowest BCUT2D eigenvalue weighted by molar-refractivity contribution is -0.137. The van der Waals surface area contributed by atoms with Crippen LogP contribution in [0.4, 0.5) is 13.2 Å². The van der Waals surface area contributed by atoms with Gasteiger partial charge in [-0.1, -0.05) is 17.7 Å². The Morgan fingerprint density at radius 1 is 1.19 bits per heavy atom. The van der Waals surface area contributed by atoms with Crippen molar-refractivity contribution in [1.29, 1.82) is 0 Å². The number of benzene rings is 1. The molecule has 0 aliphatic heterocycles. The second-order valence-electron chi connectivity index (χ2n) is 3.42. The van der Waals surface area contributed by atoms with Gasteiger partial charge in [-0.05, 0) is 24.6 Å². The van der Waals surface area contributed by atoms with Crippen molar-refractivity contribution >= 4 is 22.5 Å². The fraction of sp³-hybridized carbons (Fsp3) is 0.182. The number of aryl methyl sites for hydroxylation is 1. The van der Waals surface area contributed by atoms with Gasteiger partial charge in [0.1, 0.15) is 0 Å². The smallest absolute Gasteiger partial charge is 0.256 e. The largest absolute Gasteiger partial charge is 0.416 e. The highest BCUT2D eigenvalue weighted by Crippen LogP contribution is 2.35. The van der Waals surface area contributed by atoms with E-state index >= 15 is 0 Å². The van der Waals surface area contributed by atoms with Gasteiger partial charge in [0.05, 0.1) is 16.1 Å². The highest BCUT2D eigenvalue weighted by atomic mass is 35.5. The molecule has 0 bridgehead atoms. The van der Waals surface area contributed by atoms with Gasteiger partial charge in [-0.3, -0.25) is 4.98 Å². The third-order valence-corrected chi connectivity index (χ3v) is 2.75. The molecule has 0 fully saturated rings. The first-order valence-electron chi connectivity index (χ1n) is 4.52. The van der Waals surface area contributed by atoms with E-state index < -0.39 is 11.7 Å². The first kappa shape index (κ1) is 11.2. The van der Waals surface area contributed by atoms with Crippen LogP contribution in [-0.4, -0.2) is 4.98 Å². The average molecular weight is 246 g/mol. The number of fused-ring (bicyclic) bond motifs is 1. The summed E-state index contributed by atoms with van der Waals surface area (Å²) in [4.78, 5) is 3.93. The van der Waals surface area contributed by atoms with Gasteiger partial charge in [-0.2, -0.15) is 13.2 Å².